The van der Waals surface area contributed by atoms with Gasteiger partial charge in [-0.05, 0) is 37.1 Å². The molecular formula is C17H21ClN4O4S. The molecule has 0 amide bonds. The molecule has 1 N–H and O–H groups in total. The third-order valence-electron chi connectivity index (χ3n) is 4.54. The lowest BCUT2D eigenvalue weighted by Crippen LogP contribution is -2.48. The molecule has 1 aliphatic heterocycles. The van der Waals surface area contributed by atoms with E-state index in [2.05, 4.69) is 10.3 Å². The standard InChI is InChI=1S/C17H20N4O4S.ClH/c1-12-8-13(2)17(9-15(12)21(22)23)26(24,25)20-7-6-19-11-16(20)14-4-3-5-18-10-14;/h3-5,8-10,16,19H,6-7,11H2,1-2H3;1H. The van der Waals surface area contributed by atoms with E-state index in [1.54, 1.807) is 38.4 Å². The monoisotopic (exact) mass is 412 g/mol. The summed E-state index contributed by atoms with van der Waals surface area (Å²) < 4.78 is 28.1. The SMILES string of the molecule is Cc1cc(C)c(S(=O)(=O)N2CCNCC2c2cccnc2)cc1[N+](=O)[O-].Cl. The fourth-order valence-corrected chi connectivity index (χ4v) is 5.10. The van der Waals surface area contributed by atoms with Gasteiger partial charge >= 0.3 is 0 Å². The molecule has 1 fully saturated rings. The second kappa shape index (κ2) is 8.30. The number of sulfonamides is 1. The summed E-state index contributed by atoms with van der Waals surface area (Å²) in [6.07, 6.45) is 3.27. The third kappa shape index (κ3) is 4.11. The molecule has 10 heteroatoms. The number of halogens is 1. The Kier molecular flexibility index (Phi) is 6.53. The highest BCUT2D eigenvalue weighted by Crippen LogP contribution is 2.33. The van der Waals surface area contributed by atoms with E-state index < -0.39 is 21.0 Å². The Labute approximate surface area is 164 Å². The molecule has 1 aromatic heterocycles. The van der Waals surface area contributed by atoms with Crippen molar-refractivity contribution < 1.29 is 13.3 Å². The predicted octanol–water partition coefficient (Wildman–Crippen LogP) is 2.36. The van der Waals surface area contributed by atoms with E-state index >= 15 is 0 Å². The van der Waals surface area contributed by atoms with Crippen molar-refractivity contribution in [3.63, 3.8) is 0 Å². The Morgan fingerprint density at radius 1 is 1.30 bits per heavy atom. The van der Waals surface area contributed by atoms with Gasteiger partial charge in [-0.25, -0.2) is 8.42 Å². The number of nitro groups is 1. The lowest BCUT2D eigenvalue weighted by Gasteiger charge is -2.35. The highest BCUT2D eigenvalue weighted by molar-refractivity contribution is 7.89. The highest BCUT2D eigenvalue weighted by atomic mass is 35.5. The Morgan fingerprint density at radius 2 is 2.04 bits per heavy atom. The molecule has 0 radical (unpaired) electrons. The topological polar surface area (TPSA) is 105 Å². The van der Waals surface area contributed by atoms with Gasteiger partial charge in [-0.15, -0.1) is 12.4 Å². The van der Waals surface area contributed by atoms with E-state index in [1.807, 2.05) is 6.07 Å². The van der Waals surface area contributed by atoms with Crippen LogP contribution in [0.5, 0.6) is 0 Å². The minimum atomic E-state index is -3.90. The Balaban J connectivity index is 0.00000261. The second-order valence-corrected chi connectivity index (χ2v) is 8.14. The fourth-order valence-electron chi connectivity index (χ4n) is 3.25. The number of hydrogen-bond donors (Lipinski definition) is 1. The summed E-state index contributed by atoms with van der Waals surface area (Å²) in [5.74, 6) is 0. The van der Waals surface area contributed by atoms with E-state index in [0.29, 0.717) is 24.2 Å². The highest BCUT2D eigenvalue weighted by Gasteiger charge is 2.36. The van der Waals surface area contributed by atoms with Crippen molar-refractivity contribution in [2.75, 3.05) is 19.6 Å². The summed E-state index contributed by atoms with van der Waals surface area (Å²) in [6, 6.07) is 5.89. The van der Waals surface area contributed by atoms with Crippen LogP contribution in [0.3, 0.4) is 0 Å². The van der Waals surface area contributed by atoms with Crippen LogP contribution in [0.2, 0.25) is 0 Å². The summed E-state index contributed by atoms with van der Waals surface area (Å²) in [6.45, 7) is 4.51. The van der Waals surface area contributed by atoms with Crippen LogP contribution in [0.1, 0.15) is 22.7 Å². The first-order chi connectivity index (χ1) is 12.3. The van der Waals surface area contributed by atoms with E-state index in [4.69, 9.17) is 0 Å². The number of nitrogens with zero attached hydrogens (tertiary/aromatic N) is 3. The zero-order valence-electron chi connectivity index (χ0n) is 15.0. The molecule has 146 valence electrons. The van der Waals surface area contributed by atoms with Crippen LogP contribution < -0.4 is 5.32 Å². The number of nitro benzene ring substituents is 1. The van der Waals surface area contributed by atoms with E-state index in [1.165, 1.54) is 10.4 Å². The zero-order chi connectivity index (χ0) is 18.9. The molecule has 0 bridgehead atoms. The fraction of sp³-hybridized carbons (Fsp3) is 0.353. The molecule has 1 aliphatic rings. The minimum absolute atomic E-state index is 0. The first kappa shape index (κ1) is 21.2. The maximum atomic E-state index is 13.3. The number of benzene rings is 1. The van der Waals surface area contributed by atoms with Gasteiger partial charge in [-0.2, -0.15) is 4.31 Å². The normalized spacial score (nSPS) is 17.9. The number of nitrogens with one attached hydrogen (secondary N) is 1. The van der Waals surface area contributed by atoms with Gasteiger partial charge in [0.05, 0.1) is 15.9 Å². The van der Waals surface area contributed by atoms with Crippen LogP contribution in [0.4, 0.5) is 5.69 Å². The van der Waals surface area contributed by atoms with Crippen molar-refractivity contribution in [3.8, 4) is 0 Å². The number of hydrogen-bond acceptors (Lipinski definition) is 6. The summed E-state index contributed by atoms with van der Waals surface area (Å²) in [5.41, 5.74) is 1.52. The van der Waals surface area contributed by atoms with Gasteiger partial charge in [0, 0.05) is 43.7 Å². The lowest BCUT2D eigenvalue weighted by molar-refractivity contribution is -0.385. The number of rotatable bonds is 4. The van der Waals surface area contributed by atoms with Gasteiger partial charge in [-0.1, -0.05) is 6.07 Å². The average molecular weight is 413 g/mol. The Morgan fingerprint density at radius 3 is 2.67 bits per heavy atom. The van der Waals surface area contributed by atoms with Crippen molar-refractivity contribution in [1.82, 2.24) is 14.6 Å². The van der Waals surface area contributed by atoms with Crippen molar-refractivity contribution in [1.29, 1.82) is 0 Å². The van der Waals surface area contributed by atoms with Gasteiger partial charge < -0.3 is 5.32 Å². The van der Waals surface area contributed by atoms with Gasteiger partial charge in [0.2, 0.25) is 10.0 Å². The molecule has 1 unspecified atom stereocenters. The Hall–Kier alpha value is -2.07. The number of aryl methyl sites for hydroxylation is 2. The average Bonchev–Trinajstić information content (AvgIpc) is 2.62. The maximum Gasteiger partial charge on any atom is 0.273 e. The van der Waals surface area contributed by atoms with Crippen LogP contribution in [0, 0.1) is 24.0 Å². The molecule has 2 aromatic rings. The number of piperazine rings is 1. The quantitative estimate of drug-likeness (QED) is 0.610. The second-order valence-electron chi connectivity index (χ2n) is 6.28. The molecule has 8 nitrogen and oxygen atoms in total. The van der Waals surface area contributed by atoms with E-state index in [0.717, 1.165) is 5.56 Å². The molecule has 3 rings (SSSR count). The number of aromatic nitrogens is 1. The third-order valence-corrected chi connectivity index (χ3v) is 6.59. The summed E-state index contributed by atoms with van der Waals surface area (Å²) >= 11 is 0. The van der Waals surface area contributed by atoms with Crippen LogP contribution in [0.25, 0.3) is 0 Å². The smallest absolute Gasteiger partial charge is 0.273 e. The summed E-state index contributed by atoms with van der Waals surface area (Å²) in [5, 5.41) is 14.5. The molecule has 1 aromatic carbocycles. The molecule has 27 heavy (non-hydrogen) atoms. The molecule has 0 spiro atoms. The lowest BCUT2D eigenvalue weighted by atomic mass is 10.1. The van der Waals surface area contributed by atoms with Gasteiger partial charge in [0.15, 0.2) is 0 Å². The molecular weight excluding hydrogens is 392 g/mol. The first-order valence-electron chi connectivity index (χ1n) is 8.20. The van der Waals surface area contributed by atoms with Crippen molar-refractivity contribution >= 4 is 28.1 Å². The molecule has 1 saturated heterocycles. The van der Waals surface area contributed by atoms with Gasteiger partial charge in [-0.3, -0.25) is 15.1 Å². The van der Waals surface area contributed by atoms with E-state index in [-0.39, 0.29) is 29.5 Å². The molecule has 1 atom stereocenters. The van der Waals surface area contributed by atoms with Crippen molar-refractivity contribution in [3.05, 3.63) is 63.5 Å². The van der Waals surface area contributed by atoms with Crippen LogP contribution in [-0.4, -0.2) is 42.3 Å². The van der Waals surface area contributed by atoms with Gasteiger partial charge in [0.1, 0.15) is 0 Å². The molecule has 2 heterocycles. The minimum Gasteiger partial charge on any atom is -0.313 e. The summed E-state index contributed by atoms with van der Waals surface area (Å²) in [7, 11) is -3.90. The number of pyridine rings is 1. The summed E-state index contributed by atoms with van der Waals surface area (Å²) in [4.78, 5) is 14.8. The Bertz CT molecular complexity index is 937. The van der Waals surface area contributed by atoms with E-state index in [9.17, 15) is 18.5 Å². The zero-order valence-corrected chi connectivity index (χ0v) is 16.6. The molecule has 0 aliphatic carbocycles. The van der Waals surface area contributed by atoms with Crippen LogP contribution >= 0.6 is 12.4 Å². The molecule has 0 saturated carbocycles. The van der Waals surface area contributed by atoms with Crippen molar-refractivity contribution in [2.45, 2.75) is 24.8 Å². The maximum absolute atomic E-state index is 13.3. The van der Waals surface area contributed by atoms with Crippen molar-refractivity contribution in [2.24, 2.45) is 0 Å². The first-order valence-corrected chi connectivity index (χ1v) is 9.64. The van der Waals surface area contributed by atoms with Gasteiger partial charge in [0.25, 0.3) is 5.69 Å². The predicted molar refractivity (Wildman–Crippen MR) is 104 cm³/mol. The largest absolute Gasteiger partial charge is 0.313 e. The van der Waals surface area contributed by atoms with Crippen LogP contribution in [0.15, 0.2) is 41.6 Å². The van der Waals surface area contributed by atoms with Crippen LogP contribution in [-0.2, 0) is 10.0 Å².